The molecule has 0 aliphatic carbocycles. The SMILES string of the molecule is Cc1c(Cl)cccc1NC(=O)[C@H]1CCCCN1S(=O)(=O)c1ccccc1. The molecule has 1 saturated heterocycles. The van der Waals surface area contributed by atoms with E-state index in [0.717, 1.165) is 18.4 Å². The number of hydrogen-bond donors (Lipinski definition) is 1. The minimum Gasteiger partial charge on any atom is -0.324 e. The number of carbonyl (C=O) groups is 1. The highest BCUT2D eigenvalue weighted by atomic mass is 35.5. The highest BCUT2D eigenvalue weighted by Gasteiger charge is 2.37. The molecule has 0 spiro atoms. The Balaban J connectivity index is 1.87. The van der Waals surface area contributed by atoms with E-state index in [2.05, 4.69) is 5.32 Å². The van der Waals surface area contributed by atoms with Gasteiger partial charge in [0.1, 0.15) is 6.04 Å². The molecule has 1 aliphatic rings. The molecule has 2 aromatic carbocycles. The maximum absolute atomic E-state index is 13.0. The Morgan fingerprint density at radius 1 is 1.12 bits per heavy atom. The van der Waals surface area contributed by atoms with E-state index in [1.807, 2.05) is 6.92 Å². The van der Waals surface area contributed by atoms with Crippen LogP contribution in [0.1, 0.15) is 24.8 Å². The number of carbonyl (C=O) groups excluding carboxylic acids is 1. The summed E-state index contributed by atoms with van der Waals surface area (Å²) in [7, 11) is -3.72. The fraction of sp³-hybridized carbons (Fsp3) is 0.316. The number of rotatable bonds is 4. The minimum absolute atomic E-state index is 0.207. The molecule has 138 valence electrons. The molecule has 0 aromatic heterocycles. The predicted molar refractivity (Wildman–Crippen MR) is 103 cm³/mol. The van der Waals surface area contributed by atoms with Crippen molar-refractivity contribution in [1.29, 1.82) is 0 Å². The van der Waals surface area contributed by atoms with Crippen LogP contribution in [0.2, 0.25) is 5.02 Å². The predicted octanol–water partition coefficient (Wildman–Crippen LogP) is 3.83. The second-order valence-corrected chi connectivity index (χ2v) is 8.64. The van der Waals surface area contributed by atoms with Crippen LogP contribution in [-0.2, 0) is 14.8 Å². The number of anilines is 1. The van der Waals surface area contributed by atoms with Crippen LogP contribution in [0.4, 0.5) is 5.69 Å². The van der Waals surface area contributed by atoms with E-state index in [-0.39, 0.29) is 10.8 Å². The molecule has 5 nitrogen and oxygen atoms in total. The molecule has 0 unspecified atom stereocenters. The molecule has 1 fully saturated rings. The Labute approximate surface area is 159 Å². The van der Waals surface area contributed by atoms with Crippen LogP contribution >= 0.6 is 11.6 Å². The van der Waals surface area contributed by atoms with Gasteiger partial charge in [-0.05, 0) is 49.6 Å². The third kappa shape index (κ3) is 3.77. The van der Waals surface area contributed by atoms with Gasteiger partial charge in [-0.3, -0.25) is 4.79 Å². The Kier molecular flexibility index (Phi) is 5.65. The lowest BCUT2D eigenvalue weighted by atomic mass is 10.0. The zero-order valence-corrected chi connectivity index (χ0v) is 16.1. The van der Waals surface area contributed by atoms with Crippen LogP contribution in [0, 0.1) is 6.92 Å². The number of hydrogen-bond acceptors (Lipinski definition) is 3. The Bertz CT molecular complexity index is 900. The number of piperidine rings is 1. The summed E-state index contributed by atoms with van der Waals surface area (Å²) in [5.74, 6) is -0.324. The van der Waals surface area contributed by atoms with Crippen molar-refractivity contribution in [3.8, 4) is 0 Å². The number of benzene rings is 2. The van der Waals surface area contributed by atoms with Crippen LogP contribution < -0.4 is 5.32 Å². The minimum atomic E-state index is -3.72. The van der Waals surface area contributed by atoms with Gasteiger partial charge in [-0.25, -0.2) is 8.42 Å². The van der Waals surface area contributed by atoms with E-state index in [9.17, 15) is 13.2 Å². The molecular weight excluding hydrogens is 372 g/mol. The lowest BCUT2D eigenvalue weighted by Gasteiger charge is -2.33. The fourth-order valence-corrected chi connectivity index (χ4v) is 4.99. The molecule has 1 atom stereocenters. The van der Waals surface area contributed by atoms with E-state index < -0.39 is 16.1 Å². The molecule has 3 rings (SSSR count). The van der Waals surface area contributed by atoms with Gasteiger partial charge in [-0.2, -0.15) is 4.31 Å². The first-order valence-electron chi connectivity index (χ1n) is 8.54. The summed E-state index contributed by atoms with van der Waals surface area (Å²) in [6.07, 6.45) is 2.05. The second kappa shape index (κ2) is 7.78. The number of halogens is 1. The van der Waals surface area contributed by atoms with Crippen molar-refractivity contribution < 1.29 is 13.2 Å². The third-order valence-corrected chi connectivity index (χ3v) is 6.96. The molecule has 1 amide bonds. The standard InChI is InChI=1S/C19H21ClN2O3S/c1-14-16(20)10-7-11-17(14)21-19(23)18-12-5-6-13-22(18)26(24,25)15-8-3-2-4-9-15/h2-4,7-11,18H,5-6,12-13H2,1H3,(H,21,23)/t18-/m1/s1. The summed E-state index contributed by atoms with van der Waals surface area (Å²) in [5.41, 5.74) is 1.36. The molecule has 1 heterocycles. The Morgan fingerprint density at radius 2 is 1.85 bits per heavy atom. The normalized spacial score (nSPS) is 18.5. The second-order valence-electron chi connectivity index (χ2n) is 6.34. The van der Waals surface area contributed by atoms with Gasteiger partial charge >= 0.3 is 0 Å². The lowest BCUT2D eigenvalue weighted by molar-refractivity contribution is -0.120. The van der Waals surface area contributed by atoms with Crippen molar-refractivity contribution in [3.63, 3.8) is 0 Å². The van der Waals surface area contributed by atoms with Crippen molar-refractivity contribution in [1.82, 2.24) is 4.31 Å². The molecule has 0 saturated carbocycles. The van der Waals surface area contributed by atoms with E-state index in [4.69, 9.17) is 11.6 Å². The lowest BCUT2D eigenvalue weighted by Crippen LogP contribution is -2.49. The smallest absolute Gasteiger partial charge is 0.243 e. The quantitative estimate of drug-likeness (QED) is 0.859. The van der Waals surface area contributed by atoms with Crippen LogP contribution in [0.3, 0.4) is 0 Å². The van der Waals surface area contributed by atoms with Crippen molar-refractivity contribution in [3.05, 3.63) is 59.1 Å². The number of nitrogens with zero attached hydrogens (tertiary/aromatic N) is 1. The molecule has 0 radical (unpaired) electrons. The van der Waals surface area contributed by atoms with Gasteiger partial charge in [0.2, 0.25) is 15.9 Å². The number of amides is 1. The van der Waals surface area contributed by atoms with Gasteiger partial charge in [-0.1, -0.05) is 42.3 Å². The van der Waals surface area contributed by atoms with Crippen molar-refractivity contribution in [2.24, 2.45) is 0 Å². The molecule has 2 aromatic rings. The van der Waals surface area contributed by atoms with Gasteiger partial charge in [0.05, 0.1) is 4.90 Å². The number of nitrogens with one attached hydrogen (secondary N) is 1. The fourth-order valence-electron chi connectivity index (χ4n) is 3.14. The zero-order valence-electron chi connectivity index (χ0n) is 14.5. The Morgan fingerprint density at radius 3 is 2.58 bits per heavy atom. The first kappa shape index (κ1) is 18.9. The van der Waals surface area contributed by atoms with E-state index in [1.54, 1.807) is 48.5 Å². The van der Waals surface area contributed by atoms with Crippen molar-refractivity contribution in [2.45, 2.75) is 37.1 Å². The maximum atomic E-state index is 13.0. The van der Waals surface area contributed by atoms with Crippen LogP contribution in [0.5, 0.6) is 0 Å². The molecule has 0 bridgehead atoms. The average molecular weight is 393 g/mol. The van der Waals surface area contributed by atoms with E-state index in [0.29, 0.717) is 23.7 Å². The van der Waals surface area contributed by atoms with Crippen molar-refractivity contribution >= 4 is 33.2 Å². The molecule has 1 N–H and O–H groups in total. The summed E-state index contributed by atoms with van der Waals surface area (Å²) < 4.78 is 27.3. The van der Waals surface area contributed by atoms with Crippen LogP contribution in [0.15, 0.2) is 53.4 Å². The highest BCUT2D eigenvalue weighted by molar-refractivity contribution is 7.89. The topological polar surface area (TPSA) is 66.5 Å². The zero-order chi connectivity index (χ0) is 18.7. The number of sulfonamides is 1. The van der Waals surface area contributed by atoms with E-state index >= 15 is 0 Å². The molecule has 7 heteroatoms. The van der Waals surface area contributed by atoms with Gasteiger partial charge < -0.3 is 5.32 Å². The van der Waals surface area contributed by atoms with E-state index in [1.165, 1.54) is 4.31 Å². The molecule has 26 heavy (non-hydrogen) atoms. The summed E-state index contributed by atoms with van der Waals surface area (Å²) in [6.45, 7) is 2.15. The summed E-state index contributed by atoms with van der Waals surface area (Å²) >= 11 is 6.11. The van der Waals surface area contributed by atoms with Crippen LogP contribution in [-0.4, -0.2) is 31.2 Å². The largest absolute Gasteiger partial charge is 0.324 e. The van der Waals surface area contributed by atoms with Crippen LogP contribution in [0.25, 0.3) is 0 Å². The van der Waals surface area contributed by atoms with Gasteiger partial charge in [0.15, 0.2) is 0 Å². The Hall–Kier alpha value is -1.89. The monoisotopic (exact) mass is 392 g/mol. The summed E-state index contributed by atoms with van der Waals surface area (Å²) in [4.78, 5) is 13.1. The molecular formula is C19H21ClN2O3S. The first-order valence-corrected chi connectivity index (χ1v) is 10.4. The van der Waals surface area contributed by atoms with Gasteiger partial charge in [0, 0.05) is 17.3 Å². The van der Waals surface area contributed by atoms with Crippen molar-refractivity contribution in [2.75, 3.05) is 11.9 Å². The highest BCUT2D eigenvalue weighted by Crippen LogP contribution is 2.28. The van der Waals surface area contributed by atoms with Gasteiger partial charge in [-0.15, -0.1) is 0 Å². The molecule has 1 aliphatic heterocycles. The summed E-state index contributed by atoms with van der Waals surface area (Å²) in [5, 5.41) is 3.40. The average Bonchev–Trinajstić information content (AvgIpc) is 2.66. The third-order valence-electron chi connectivity index (χ3n) is 4.63. The summed E-state index contributed by atoms with van der Waals surface area (Å²) in [6, 6.07) is 12.8. The first-order chi connectivity index (χ1) is 12.4. The van der Waals surface area contributed by atoms with Gasteiger partial charge in [0.25, 0.3) is 0 Å². The maximum Gasteiger partial charge on any atom is 0.243 e.